The van der Waals surface area contributed by atoms with Gasteiger partial charge in [-0.3, -0.25) is 9.59 Å². The number of carbonyl (C=O) groups is 3. The Labute approximate surface area is 155 Å². The van der Waals surface area contributed by atoms with Crippen molar-refractivity contribution >= 4 is 17.9 Å². The Hall–Kier alpha value is -1.83. The van der Waals surface area contributed by atoms with Gasteiger partial charge in [0, 0.05) is 58.3 Å². The van der Waals surface area contributed by atoms with Crippen LogP contribution in [0.4, 0.5) is 4.79 Å². The molecule has 0 aliphatic carbocycles. The molecule has 2 fully saturated rings. The molecule has 2 rings (SSSR count). The van der Waals surface area contributed by atoms with Crippen LogP contribution in [0.15, 0.2) is 0 Å². The number of ether oxygens (including phenoxy) is 2. The standard InChI is InChI=1S/C18H31N3O5/c1-3-26-18(24)20-9-4-16(5-10-20)21(14(2)22)11-8-19-17(23)15-6-12-25-13-7-15/h15-16H,3-13H2,1-2H3,(H,19,23). The molecule has 8 heteroatoms. The first-order valence-electron chi connectivity index (χ1n) is 9.57. The monoisotopic (exact) mass is 369 g/mol. The maximum atomic E-state index is 12.2. The van der Waals surface area contributed by atoms with Crippen molar-refractivity contribution in [1.29, 1.82) is 0 Å². The summed E-state index contributed by atoms with van der Waals surface area (Å²) >= 11 is 0. The lowest BCUT2D eigenvalue weighted by atomic mass is 9.99. The lowest BCUT2D eigenvalue weighted by molar-refractivity contribution is -0.133. The summed E-state index contributed by atoms with van der Waals surface area (Å²) in [6.07, 6.45) is 2.69. The minimum atomic E-state index is -0.288. The molecule has 8 nitrogen and oxygen atoms in total. The first kappa shape index (κ1) is 20.5. The van der Waals surface area contributed by atoms with E-state index in [1.807, 2.05) is 4.90 Å². The number of nitrogens with one attached hydrogen (secondary N) is 1. The molecular formula is C18H31N3O5. The van der Waals surface area contributed by atoms with E-state index in [0.29, 0.717) is 46.0 Å². The number of hydrogen-bond donors (Lipinski definition) is 1. The zero-order chi connectivity index (χ0) is 18.9. The van der Waals surface area contributed by atoms with Crippen molar-refractivity contribution in [3.8, 4) is 0 Å². The first-order valence-corrected chi connectivity index (χ1v) is 9.57. The van der Waals surface area contributed by atoms with Crippen LogP contribution < -0.4 is 5.32 Å². The molecule has 2 heterocycles. The molecule has 0 unspecified atom stereocenters. The lowest BCUT2D eigenvalue weighted by Crippen LogP contribution is -2.50. The van der Waals surface area contributed by atoms with Crippen molar-refractivity contribution in [2.75, 3.05) is 46.0 Å². The summed E-state index contributed by atoms with van der Waals surface area (Å²) in [6, 6.07) is 0.0955. The normalized spacial score (nSPS) is 19.1. The smallest absolute Gasteiger partial charge is 0.409 e. The molecule has 0 atom stereocenters. The van der Waals surface area contributed by atoms with Gasteiger partial charge in [0.2, 0.25) is 11.8 Å². The number of piperidine rings is 1. The fourth-order valence-corrected chi connectivity index (χ4v) is 3.58. The summed E-state index contributed by atoms with van der Waals surface area (Å²) in [5, 5.41) is 2.95. The Morgan fingerprint density at radius 1 is 1.15 bits per heavy atom. The summed E-state index contributed by atoms with van der Waals surface area (Å²) in [6.45, 7) is 7.10. The van der Waals surface area contributed by atoms with Gasteiger partial charge in [0.25, 0.3) is 0 Å². The molecule has 0 aromatic heterocycles. The summed E-state index contributed by atoms with van der Waals surface area (Å²) in [5.74, 6) is 0.0659. The molecule has 0 bridgehead atoms. The zero-order valence-corrected chi connectivity index (χ0v) is 15.9. The van der Waals surface area contributed by atoms with Crippen LogP contribution in [0.5, 0.6) is 0 Å². The van der Waals surface area contributed by atoms with E-state index in [-0.39, 0.29) is 29.9 Å². The molecule has 2 saturated heterocycles. The third kappa shape index (κ3) is 5.86. The highest BCUT2D eigenvalue weighted by molar-refractivity contribution is 5.79. The number of nitrogens with zero attached hydrogens (tertiary/aromatic N) is 2. The molecule has 0 aromatic carbocycles. The second kappa shape index (κ2) is 10.4. The van der Waals surface area contributed by atoms with Gasteiger partial charge < -0.3 is 24.6 Å². The van der Waals surface area contributed by atoms with Crippen LogP contribution in [-0.2, 0) is 19.1 Å². The van der Waals surface area contributed by atoms with Crippen LogP contribution in [0.1, 0.15) is 39.5 Å². The van der Waals surface area contributed by atoms with Crippen LogP contribution >= 0.6 is 0 Å². The summed E-state index contributed by atoms with van der Waals surface area (Å²) in [5.41, 5.74) is 0. The largest absolute Gasteiger partial charge is 0.450 e. The molecule has 26 heavy (non-hydrogen) atoms. The van der Waals surface area contributed by atoms with Crippen LogP contribution in [0.2, 0.25) is 0 Å². The molecule has 148 valence electrons. The predicted molar refractivity (Wildman–Crippen MR) is 95.6 cm³/mol. The number of amides is 3. The van der Waals surface area contributed by atoms with Crippen molar-refractivity contribution < 1.29 is 23.9 Å². The topological polar surface area (TPSA) is 88.2 Å². The van der Waals surface area contributed by atoms with E-state index >= 15 is 0 Å². The van der Waals surface area contributed by atoms with E-state index in [0.717, 1.165) is 25.7 Å². The average Bonchev–Trinajstić information content (AvgIpc) is 2.66. The predicted octanol–water partition coefficient (Wildman–Crippen LogP) is 0.999. The van der Waals surface area contributed by atoms with Gasteiger partial charge in [-0.1, -0.05) is 0 Å². The highest BCUT2D eigenvalue weighted by Crippen LogP contribution is 2.18. The van der Waals surface area contributed by atoms with Gasteiger partial charge in [-0.15, -0.1) is 0 Å². The minimum Gasteiger partial charge on any atom is -0.450 e. The SMILES string of the molecule is CCOC(=O)N1CCC(N(CCNC(=O)C2CCOCC2)C(C)=O)CC1. The zero-order valence-electron chi connectivity index (χ0n) is 15.9. The fourth-order valence-electron chi connectivity index (χ4n) is 3.58. The molecule has 1 N–H and O–H groups in total. The third-order valence-corrected chi connectivity index (χ3v) is 5.08. The van der Waals surface area contributed by atoms with E-state index in [1.54, 1.807) is 18.7 Å². The Bertz CT molecular complexity index is 485. The second-order valence-corrected chi connectivity index (χ2v) is 6.81. The van der Waals surface area contributed by atoms with Crippen molar-refractivity contribution in [3.05, 3.63) is 0 Å². The number of rotatable bonds is 6. The van der Waals surface area contributed by atoms with E-state index in [4.69, 9.17) is 9.47 Å². The molecule has 0 spiro atoms. The Morgan fingerprint density at radius 3 is 2.38 bits per heavy atom. The van der Waals surface area contributed by atoms with E-state index in [1.165, 1.54) is 0 Å². The van der Waals surface area contributed by atoms with Crippen LogP contribution in [-0.4, -0.2) is 79.7 Å². The van der Waals surface area contributed by atoms with Gasteiger partial charge >= 0.3 is 6.09 Å². The average molecular weight is 369 g/mol. The fraction of sp³-hybridized carbons (Fsp3) is 0.833. The first-order chi connectivity index (χ1) is 12.5. The van der Waals surface area contributed by atoms with Gasteiger partial charge in [-0.25, -0.2) is 4.79 Å². The summed E-state index contributed by atoms with van der Waals surface area (Å²) in [7, 11) is 0. The van der Waals surface area contributed by atoms with Gasteiger partial charge in [0.05, 0.1) is 6.61 Å². The Balaban J connectivity index is 1.75. The maximum Gasteiger partial charge on any atom is 0.409 e. The molecule has 0 radical (unpaired) electrons. The molecule has 0 aromatic rings. The van der Waals surface area contributed by atoms with Gasteiger partial charge in [-0.05, 0) is 32.6 Å². The number of carbonyl (C=O) groups excluding carboxylic acids is 3. The summed E-state index contributed by atoms with van der Waals surface area (Å²) in [4.78, 5) is 39.5. The quantitative estimate of drug-likeness (QED) is 0.755. The summed E-state index contributed by atoms with van der Waals surface area (Å²) < 4.78 is 10.3. The maximum absolute atomic E-state index is 12.2. The Morgan fingerprint density at radius 2 is 1.81 bits per heavy atom. The minimum absolute atomic E-state index is 0.0000925. The third-order valence-electron chi connectivity index (χ3n) is 5.08. The number of hydrogen-bond acceptors (Lipinski definition) is 5. The molecule has 2 aliphatic heterocycles. The molecular weight excluding hydrogens is 338 g/mol. The van der Waals surface area contributed by atoms with Crippen LogP contribution in [0.25, 0.3) is 0 Å². The lowest BCUT2D eigenvalue weighted by Gasteiger charge is -2.37. The van der Waals surface area contributed by atoms with Gasteiger partial charge in [0.15, 0.2) is 0 Å². The van der Waals surface area contributed by atoms with Crippen molar-refractivity contribution in [2.45, 2.75) is 45.6 Å². The van der Waals surface area contributed by atoms with Crippen molar-refractivity contribution in [2.24, 2.45) is 5.92 Å². The Kier molecular flexibility index (Phi) is 8.15. The molecule has 2 aliphatic rings. The molecule has 0 saturated carbocycles. The van der Waals surface area contributed by atoms with Crippen molar-refractivity contribution in [1.82, 2.24) is 15.1 Å². The van der Waals surface area contributed by atoms with E-state index < -0.39 is 0 Å². The molecule has 3 amide bonds. The van der Waals surface area contributed by atoms with E-state index in [2.05, 4.69) is 5.32 Å². The number of likely N-dealkylation sites (tertiary alicyclic amines) is 1. The van der Waals surface area contributed by atoms with Gasteiger partial charge in [-0.2, -0.15) is 0 Å². The highest BCUT2D eigenvalue weighted by Gasteiger charge is 2.29. The van der Waals surface area contributed by atoms with Crippen LogP contribution in [0, 0.1) is 5.92 Å². The van der Waals surface area contributed by atoms with Crippen LogP contribution in [0.3, 0.4) is 0 Å². The van der Waals surface area contributed by atoms with Crippen molar-refractivity contribution in [3.63, 3.8) is 0 Å². The highest BCUT2D eigenvalue weighted by atomic mass is 16.6. The van der Waals surface area contributed by atoms with E-state index in [9.17, 15) is 14.4 Å². The van der Waals surface area contributed by atoms with Gasteiger partial charge in [0.1, 0.15) is 0 Å². The second-order valence-electron chi connectivity index (χ2n) is 6.81.